The number of hydrogen-bond acceptors (Lipinski definition) is 5. The molecule has 0 radical (unpaired) electrons. The summed E-state index contributed by atoms with van der Waals surface area (Å²) in [4.78, 5) is 3.28. The molecule has 0 unspecified atom stereocenters. The zero-order valence-corrected chi connectivity index (χ0v) is 9.82. The number of nitrogens with zero attached hydrogens (tertiary/aromatic N) is 2. The molecule has 0 saturated carbocycles. The number of hydrogen-bond donors (Lipinski definition) is 0. The van der Waals surface area contributed by atoms with Gasteiger partial charge in [-0.25, -0.2) is 21.8 Å². The van der Waals surface area contributed by atoms with Crippen molar-refractivity contribution in [2.75, 3.05) is 0 Å². The van der Waals surface area contributed by atoms with E-state index in [1.807, 2.05) is 0 Å². The van der Waals surface area contributed by atoms with Crippen molar-refractivity contribution in [1.82, 2.24) is 9.55 Å². The molecule has 1 aromatic heterocycles. The van der Waals surface area contributed by atoms with Crippen molar-refractivity contribution in [3.05, 3.63) is 6.20 Å². The second-order valence-corrected chi connectivity index (χ2v) is 7.32. The molecule has 0 aliphatic heterocycles. The first kappa shape index (κ1) is 11.8. The Bertz CT molecular complexity index is 558. The molecule has 80 valence electrons. The highest BCUT2D eigenvalue weighted by Crippen LogP contribution is 2.18. The van der Waals surface area contributed by atoms with Crippen LogP contribution in [0.3, 0.4) is 0 Å². The number of halogens is 2. The molecule has 0 amide bonds. The maximum Gasteiger partial charge on any atom is 0.295 e. The van der Waals surface area contributed by atoms with E-state index in [0.717, 1.165) is 10.8 Å². The highest BCUT2D eigenvalue weighted by atomic mass is 35.7. The van der Waals surface area contributed by atoms with Gasteiger partial charge in [0.05, 0.1) is 0 Å². The Kier molecular flexibility index (Phi) is 2.83. The summed E-state index contributed by atoms with van der Waals surface area (Å²) >= 11 is 0. The van der Waals surface area contributed by atoms with Gasteiger partial charge in [-0.05, 0) is 0 Å². The van der Waals surface area contributed by atoms with Crippen LogP contribution >= 0.6 is 21.4 Å². The molecule has 0 aliphatic rings. The maximum absolute atomic E-state index is 10.8. The van der Waals surface area contributed by atoms with Crippen LogP contribution in [0.15, 0.2) is 16.4 Å². The lowest BCUT2D eigenvalue weighted by molar-refractivity contribution is 0.592. The average molecular weight is 279 g/mol. The molecular weight excluding hydrogens is 275 g/mol. The largest absolute Gasteiger partial charge is 0.322 e. The Hall–Kier alpha value is -0.310. The molecule has 1 aromatic rings. The van der Waals surface area contributed by atoms with E-state index < -0.39 is 28.3 Å². The lowest BCUT2D eigenvalue weighted by Gasteiger charge is -1.92. The van der Waals surface area contributed by atoms with Crippen LogP contribution in [-0.2, 0) is 25.1 Å². The minimum atomic E-state index is -4.07. The van der Waals surface area contributed by atoms with Gasteiger partial charge in [0.25, 0.3) is 18.1 Å². The molecular formula is C4H4Cl2N2O4S2. The lowest BCUT2D eigenvalue weighted by atomic mass is 10.9. The monoisotopic (exact) mass is 278 g/mol. The van der Waals surface area contributed by atoms with Gasteiger partial charge in [-0.15, -0.1) is 0 Å². The van der Waals surface area contributed by atoms with E-state index in [2.05, 4.69) is 4.98 Å². The minimum Gasteiger partial charge on any atom is -0.322 e. The van der Waals surface area contributed by atoms with Crippen molar-refractivity contribution < 1.29 is 16.8 Å². The first-order chi connectivity index (χ1) is 6.12. The molecule has 0 saturated heterocycles. The van der Waals surface area contributed by atoms with Crippen molar-refractivity contribution in [2.24, 2.45) is 7.05 Å². The van der Waals surface area contributed by atoms with Crippen LogP contribution < -0.4 is 0 Å². The van der Waals surface area contributed by atoms with E-state index >= 15 is 0 Å². The van der Waals surface area contributed by atoms with Gasteiger partial charge < -0.3 is 4.57 Å². The van der Waals surface area contributed by atoms with E-state index in [4.69, 9.17) is 21.4 Å². The molecule has 10 heteroatoms. The van der Waals surface area contributed by atoms with Gasteiger partial charge in [0.1, 0.15) is 0 Å². The van der Waals surface area contributed by atoms with Crippen molar-refractivity contribution in [2.45, 2.75) is 10.2 Å². The van der Waals surface area contributed by atoms with E-state index in [1.165, 1.54) is 7.05 Å². The molecule has 1 heterocycles. The van der Waals surface area contributed by atoms with Gasteiger partial charge in [-0.2, -0.15) is 0 Å². The molecule has 0 aromatic carbocycles. The van der Waals surface area contributed by atoms with Gasteiger partial charge in [0.2, 0.25) is 5.16 Å². The predicted octanol–water partition coefficient (Wildman–Crippen LogP) is 0.275. The lowest BCUT2D eigenvalue weighted by Crippen LogP contribution is -2.00. The second-order valence-electron chi connectivity index (χ2n) is 2.35. The molecule has 14 heavy (non-hydrogen) atoms. The van der Waals surface area contributed by atoms with Gasteiger partial charge in [0, 0.05) is 34.6 Å². The van der Waals surface area contributed by atoms with E-state index in [1.54, 1.807) is 0 Å². The van der Waals surface area contributed by atoms with Crippen LogP contribution in [0.5, 0.6) is 0 Å². The molecule has 1 rings (SSSR count). The van der Waals surface area contributed by atoms with Crippen LogP contribution in [0.2, 0.25) is 0 Å². The summed E-state index contributed by atoms with van der Waals surface area (Å²) in [5, 5.41) is -1.13. The van der Waals surface area contributed by atoms with Crippen molar-refractivity contribution in [3.8, 4) is 0 Å². The van der Waals surface area contributed by atoms with Gasteiger partial charge in [-0.1, -0.05) is 0 Å². The van der Waals surface area contributed by atoms with Crippen LogP contribution in [0.25, 0.3) is 0 Å². The topological polar surface area (TPSA) is 86.1 Å². The minimum absolute atomic E-state index is 0.555. The van der Waals surface area contributed by atoms with Gasteiger partial charge in [-0.3, -0.25) is 0 Å². The fourth-order valence-electron chi connectivity index (χ4n) is 0.767. The van der Waals surface area contributed by atoms with Crippen LogP contribution in [0.1, 0.15) is 0 Å². The highest BCUT2D eigenvalue weighted by Gasteiger charge is 2.23. The Labute approximate surface area is 89.3 Å². The SMILES string of the molecule is Cn1cc(S(=O)(=O)Cl)nc1S(=O)(=O)Cl. The zero-order chi connectivity index (χ0) is 11.1. The van der Waals surface area contributed by atoms with Gasteiger partial charge >= 0.3 is 0 Å². The summed E-state index contributed by atoms with van der Waals surface area (Å²) in [5.74, 6) is 0. The van der Waals surface area contributed by atoms with Crippen LogP contribution in [0, 0.1) is 0 Å². The van der Waals surface area contributed by atoms with Crippen LogP contribution in [0.4, 0.5) is 0 Å². The first-order valence-corrected chi connectivity index (χ1v) is 7.67. The number of aromatic nitrogens is 2. The van der Waals surface area contributed by atoms with E-state index in [-0.39, 0.29) is 0 Å². The third-order valence-corrected chi connectivity index (χ3v) is 3.68. The highest BCUT2D eigenvalue weighted by molar-refractivity contribution is 8.14. The van der Waals surface area contributed by atoms with E-state index in [0.29, 0.717) is 0 Å². The summed E-state index contributed by atoms with van der Waals surface area (Å²) in [6, 6.07) is 0. The number of imidazole rings is 1. The Balaban J connectivity index is 3.49. The molecule has 0 aliphatic carbocycles. The number of aryl methyl sites for hydroxylation is 1. The summed E-state index contributed by atoms with van der Waals surface area (Å²) < 4.78 is 44.2. The van der Waals surface area contributed by atoms with E-state index in [9.17, 15) is 16.8 Å². The summed E-state index contributed by atoms with van der Waals surface area (Å²) in [7, 11) is 3.10. The maximum atomic E-state index is 10.8. The zero-order valence-electron chi connectivity index (χ0n) is 6.68. The molecule has 6 nitrogen and oxygen atoms in total. The Morgan fingerprint density at radius 3 is 1.93 bits per heavy atom. The fraction of sp³-hybridized carbons (Fsp3) is 0.250. The smallest absolute Gasteiger partial charge is 0.295 e. The van der Waals surface area contributed by atoms with Crippen molar-refractivity contribution in [3.63, 3.8) is 0 Å². The summed E-state index contributed by atoms with van der Waals surface area (Å²) in [6.07, 6.45) is 0.956. The third-order valence-electron chi connectivity index (χ3n) is 1.28. The number of rotatable bonds is 2. The normalized spacial score (nSPS) is 13.1. The first-order valence-electron chi connectivity index (χ1n) is 3.05. The molecule has 0 N–H and O–H groups in total. The molecule has 0 atom stereocenters. The Morgan fingerprint density at radius 2 is 1.71 bits per heavy atom. The molecule has 0 bridgehead atoms. The second kappa shape index (κ2) is 3.37. The van der Waals surface area contributed by atoms with Gasteiger partial charge in [0.15, 0.2) is 5.03 Å². The summed E-state index contributed by atoms with van der Waals surface area (Å²) in [6.45, 7) is 0. The van der Waals surface area contributed by atoms with Crippen molar-refractivity contribution in [1.29, 1.82) is 0 Å². The molecule has 0 spiro atoms. The third kappa shape index (κ3) is 2.38. The van der Waals surface area contributed by atoms with Crippen molar-refractivity contribution >= 4 is 39.5 Å². The molecule has 0 fully saturated rings. The average Bonchev–Trinajstić information content (AvgIpc) is 2.27. The predicted molar refractivity (Wildman–Crippen MR) is 49.3 cm³/mol. The summed E-state index contributed by atoms with van der Waals surface area (Å²) in [5.41, 5.74) is 0. The fourth-order valence-corrected chi connectivity index (χ4v) is 2.56. The Morgan fingerprint density at radius 1 is 1.21 bits per heavy atom. The quantitative estimate of drug-likeness (QED) is 0.725. The van der Waals surface area contributed by atoms with Crippen LogP contribution in [-0.4, -0.2) is 26.4 Å². The standard InChI is InChI=1S/C4H4Cl2N2O4S2/c1-8-2-3(13(5,9)10)7-4(8)14(6,11)12/h2H,1H3.